The monoisotopic (exact) mass is 260 g/mol. The molecule has 1 amide bonds. The van der Waals surface area contributed by atoms with Gasteiger partial charge in [0.1, 0.15) is 6.33 Å². The molecule has 0 aliphatic rings. The van der Waals surface area contributed by atoms with E-state index in [4.69, 9.17) is 5.73 Å². The van der Waals surface area contributed by atoms with Crippen molar-refractivity contribution in [2.24, 2.45) is 11.7 Å². The minimum Gasteiger partial charge on any atom is -0.325 e. The van der Waals surface area contributed by atoms with Crippen LogP contribution in [0.15, 0.2) is 30.6 Å². The highest BCUT2D eigenvalue weighted by Gasteiger charge is 2.17. The number of aromatic nitrogens is 4. The Balaban J connectivity index is 2.14. The Morgan fingerprint density at radius 3 is 2.84 bits per heavy atom. The van der Waals surface area contributed by atoms with Gasteiger partial charge in [0.15, 0.2) is 0 Å². The fourth-order valence-corrected chi connectivity index (χ4v) is 1.53. The molecule has 7 heteroatoms. The number of hydrogen-bond acceptors (Lipinski definition) is 5. The minimum absolute atomic E-state index is 0.0858. The van der Waals surface area contributed by atoms with Gasteiger partial charge in [0, 0.05) is 5.69 Å². The van der Waals surface area contributed by atoms with Crippen molar-refractivity contribution in [2.75, 3.05) is 5.32 Å². The summed E-state index contributed by atoms with van der Waals surface area (Å²) in [6.45, 7) is 3.81. The van der Waals surface area contributed by atoms with Gasteiger partial charge in [-0.2, -0.15) is 0 Å². The lowest BCUT2D eigenvalue weighted by Crippen LogP contribution is -2.39. The first kappa shape index (κ1) is 13.2. The molecule has 0 aliphatic carbocycles. The molecule has 19 heavy (non-hydrogen) atoms. The van der Waals surface area contributed by atoms with Gasteiger partial charge in [0.05, 0.1) is 11.7 Å². The Hall–Kier alpha value is -2.28. The van der Waals surface area contributed by atoms with E-state index in [0.717, 1.165) is 5.69 Å². The zero-order valence-electron chi connectivity index (χ0n) is 10.8. The molecule has 0 unspecified atom stereocenters. The lowest BCUT2D eigenvalue weighted by Gasteiger charge is -2.15. The molecule has 0 fully saturated rings. The zero-order valence-corrected chi connectivity index (χ0v) is 10.8. The summed E-state index contributed by atoms with van der Waals surface area (Å²) in [5.41, 5.74) is 7.22. The van der Waals surface area contributed by atoms with Crippen LogP contribution < -0.4 is 11.1 Å². The van der Waals surface area contributed by atoms with E-state index in [1.165, 1.54) is 11.0 Å². The van der Waals surface area contributed by atoms with Crippen LogP contribution in [0.2, 0.25) is 0 Å². The number of nitrogens with zero attached hydrogens (tertiary/aromatic N) is 4. The summed E-state index contributed by atoms with van der Waals surface area (Å²) in [6.07, 6.45) is 1.49. The molecular weight excluding hydrogens is 244 g/mol. The predicted molar refractivity (Wildman–Crippen MR) is 70.6 cm³/mol. The third-order valence-corrected chi connectivity index (χ3v) is 2.75. The van der Waals surface area contributed by atoms with E-state index < -0.39 is 6.04 Å². The first-order valence-corrected chi connectivity index (χ1v) is 5.98. The highest BCUT2D eigenvalue weighted by atomic mass is 16.2. The molecule has 100 valence electrons. The molecule has 2 aromatic rings. The molecule has 7 nitrogen and oxygen atoms in total. The SMILES string of the molecule is CC(C)[C@H](N)C(=O)Nc1cccc(-n2cnnn2)c1. The summed E-state index contributed by atoms with van der Waals surface area (Å²) in [4.78, 5) is 11.9. The van der Waals surface area contributed by atoms with Crippen molar-refractivity contribution in [1.82, 2.24) is 20.2 Å². The summed E-state index contributed by atoms with van der Waals surface area (Å²) in [6, 6.07) is 6.69. The second kappa shape index (κ2) is 5.57. The van der Waals surface area contributed by atoms with Crippen molar-refractivity contribution in [3.63, 3.8) is 0 Å². The fraction of sp³-hybridized carbons (Fsp3) is 0.333. The number of benzene rings is 1. The van der Waals surface area contributed by atoms with Gasteiger partial charge < -0.3 is 11.1 Å². The van der Waals surface area contributed by atoms with E-state index in [2.05, 4.69) is 20.8 Å². The normalized spacial score (nSPS) is 12.4. The van der Waals surface area contributed by atoms with Crippen LogP contribution in [0, 0.1) is 5.92 Å². The second-order valence-corrected chi connectivity index (χ2v) is 4.56. The van der Waals surface area contributed by atoms with Gasteiger partial charge in [-0.05, 0) is 34.5 Å². The minimum atomic E-state index is -0.531. The van der Waals surface area contributed by atoms with Crippen molar-refractivity contribution in [3.8, 4) is 5.69 Å². The first-order valence-electron chi connectivity index (χ1n) is 5.98. The third-order valence-electron chi connectivity index (χ3n) is 2.75. The largest absolute Gasteiger partial charge is 0.325 e. The van der Waals surface area contributed by atoms with Crippen molar-refractivity contribution in [2.45, 2.75) is 19.9 Å². The first-order chi connectivity index (χ1) is 9.08. The topological polar surface area (TPSA) is 98.7 Å². The van der Waals surface area contributed by atoms with E-state index in [0.29, 0.717) is 5.69 Å². The van der Waals surface area contributed by atoms with Crippen LogP contribution in [0.4, 0.5) is 5.69 Å². The molecular formula is C12H16N6O. The Labute approximate surface area is 110 Å². The molecule has 0 aliphatic heterocycles. The molecule has 2 rings (SSSR count). The zero-order chi connectivity index (χ0) is 13.8. The Kier molecular flexibility index (Phi) is 3.86. The maximum Gasteiger partial charge on any atom is 0.241 e. The van der Waals surface area contributed by atoms with Gasteiger partial charge >= 0.3 is 0 Å². The van der Waals surface area contributed by atoms with E-state index >= 15 is 0 Å². The maximum atomic E-state index is 11.9. The Morgan fingerprint density at radius 2 is 2.21 bits per heavy atom. The van der Waals surface area contributed by atoms with Crippen LogP contribution >= 0.6 is 0 Å². The maximum absolute atomic E-state index is 11.9. The fourth-order valence-electron chi connectivity index (χ4n) is 1.53. The van der Waals surface area contributed by atoms with Gasteiger partial charge in [-0.15, -0.1) is 5.10 Å². The number of carbonyl (C=O) groups excluding carboxylic acids is 1. The molecule has 0 saturated heterocycles. The summed E-state index contributed by atoms with van der Waals surface area (Å²) < 4.78 is 1.51. The number of hydrogen-bond donors (Lipinski definition) is 2. The summed E-state index contributed by atoms with van der Waals surface area (Å²) >= 11 is 0. The third kappa shape index (κ3) is 3.14. The van der Waals surface area contributed by atoms with Crippen LogP contribution in [0.5, 0.6) is 0 Å². The predicted octanol–water partition coefficient (Wildman–Crippen LogP) is 0.584. The highest BCUT2D eigenvalue weighted by Crippen LogP contribution is 2.14. The van der Waals surface area contributed by atoms with Gasteiger partial charge in [-0.3, -0.25) is 4.79 Å². The molecule has 3 N–H and O–H groups in total. The smallest absolute Gasteiger partial charge is 0.241 e. The van der Waals surface area contributed by atoms with Gasteiger partial charge in [0.2, 0.25) is 5.91 Å². The molecule has 0 spiro atoms. The number of amides is 1. The van der Waals surface area contributed by atoms with Crippen LogP contribution in [0.1, 0.15) is 13.8 Å². The van der Waals surface area contributed by atoms with Crippen molar-refractivity contribution in [3.05, 3.63) is 30.6 Å². The number of rotatable bonds is 4. The molecule has 0 bridgehead atoms. The number of carbonyl (C=O) groups is 1. The number of anilines is 1. The van der Waals surface area contributed by atoms with Crippen LogP contribution in [-0.2, 0) is 4.79 Å². The second-order valence-electron chi connectivity index (χ2n) is 4.56. The van der Waals surface area contributed by atoms with Crippen LogP contribution in [0.25, 0.3) is 5.69 Å². The average molecular weight is 260 g/mol. The van der Waals surface area contributed by atoms with E-state index in [9.17, 15) is 4.79 Å². The number of tetrazole rings is 1. The van der Waals surface area contributed by atoms with E-state index in [1.54, 1.807) is 12.1 Å². The summed E-state index contributed by atoms with van der Waals surface area (Å²) in [5, 5.41) is 13.7. The summed E-state index contributed by atoms with van der Waals surface area (Å²) in [7, 11) is 0. The van der Waals surface area contributed by atoms with E-state index in [-0.39, 0.29) is 11.8 Å². The molecule has 0 radical (unpaired) electrons. The molecule has 1 heterocycles. The standard InChI is InChI=1S/C12H16N6O/c1-8(2)11(13)12(19)15-9-4-3-5-10(6-9)18-7-14-16-17-18/h3-8,11H,13H2,1-2H3,(H,15,19)/t11-/m0/s1. The number of nitrogens with one attached hydrogen (secondary N) is 1. The van der Waals surface area contributed by atoms with E-state index in [1.807, 2.05) is 26.0 Å². The van der Waals surface area contributed by atoms with Crippen molar-refractivity contribution in [1.29, 1.82) is 0 Å². The summed E-state index contributed by atoms with van der Waals surface area (Å²) in [5.74, 6) is -0.119. The molecule has 1 aromatic carbocycles. The highest BCUT2D eigenvalue weighted by molar-refractivity contribution is 5.95. The van der Waals surface area contributed by atoms with Crippen molar-refractivity contribution >= 4 is 11.6 Å². The molecule has 1 atom stereocenters. The van der Waals surface area contributed by atoms with Gasteiger partial charge in [-0.25, -0.2) is 4.68 Å². The van der Waals surface area contributed by atoms with Gasteiger partial charge in [0.25, 0.3) is 0 Å². The average Bonchev–Trinajstić information content (AvgIpc) is 2.91. The quantitative estimate of drug-likeness (QED) is 0.838. The molecule has 1 aromatic heterocycles. The molecule has 0 saturated carbocycles. The Bertz CT molecular complexity index is 551. The lowest BCUT2D eigenvalue weighted by molar-refractivity contribution is -0.118. The van der Waals surface area contributed by atoms with Crippen molar-refractivity contribution < 1.29 is 4.79 Å². The van der Waals surface area contributed by atoms with Gasteiger partial charge in [-0.1, -0.05) is 19.9 Å². The number of nitrogens with two attached hydrogens (primary N) is 1. The van der Waals surface area contributed by atoms with Crippen LogP contribution in [-0.4, -0.2) is 32.2 Å². The Morgan fingerprint density at radius 1 is 1.42 bits per heavy atom. The lowest BCUT2D eigenvalue weighted by atomic mass is 10.0. The van der Waals surface area contributed by atoms with Crippen LogP contribution in [0.3, 0.4) is 0 Å².